The lowest BCUT2D eigenvalue weighted by atomic mass is 9.76. The minimum Gasteiger partial charge on any atom is -0.377 e. The number of thioether (sulfide) groups is 1. The lowest BCUT2D eigenvalue weighted by molar-refractivity contribution is 0.669. The van der Waals surface area contributed by atoms with Crippen molar-refractivity contribution >= 4 is 34.4 Å². The lowest BCUT2D eigenvalue weighted by Gasteiger charge is -2.45. The van der Waals surface area contributed by atoms with E-state index in [1.54, 1.807) is 0 Å². The van der Waals surface area contributed by atoms with Crippen LogP contribution in [0.15, 0.2) is 107 Å². The normalized spacial score (nSPS) is 21.6. The van der Waals surface area contributed by atoms with Crippen LogP contribution in [0.3, 0.4) is 0 Å². The molecule has 0 spiro atoms. The molecule has 32 heavy (non-hydrogen) atoms. The van der Waals surface area contributed by atoms with Gasteiger partial charge in [-0.15, -0.1) is 0 Å². The van der Waals surface area contributed by atoms with Crippen molar-refractivity contribution in [3.05, 3.63) is 113 Å². The van der Waals surface area contributed by atoms with Crippen LogP contribution >= 0.6 is 11.8 Å². The molecule has 2 atom stereocenters. The maximum Gasteiger partial charge on any atom is 0.0598 e. The Morgan fingerprint density at radius 3 is 2.75 bits per heavy atom. The Morgan fingerprint density at radius 2 is 1.81 bits per heavy atom. The second kappa shape index (κ2) is 6.95. The molecule has 0 amide bonds. The number of rotatable bonds is 1. The number of nitrogens with one attached hydrogen (secondary N) is 1. The summed E-state index contributed by atoms with van der Waals surface area (Å²) in [5.74, 6) is 6.88. The van der Waals surface area contributed by atoms with Crippen molar-refractivity contribution in [3.8, 4) is 11.8 Å². The zero-order valence-electron chi connectivity index (χ0n) is 17.4. The second-order valence-electron chi connectivity index (χ2n) is 8.43. The van der Waals surface area contributed by atoms with Gasteiger partial charge in [0.05, 0.1) is 17.6 Å². The number of allylic oxidation sites excluding steroid dienone is 2. The molecule has 7 rings (SSSR count). The van der Waals surface area contributed by atoms with Gasteiger partial charge >= 0.3 is 0 Å². The zero-order valence-corrected chi connectivity index (χ0v) is 18.2. The van der Waals surface area contributed by atoms with Crippen molar-refractivity contribution in [2.45, 2.75) is 17.4 Å². The monoisotopic (exact) mass is 428 g/mol. The van der Waals surface area contributed by atoms with Crippen molar-refractivity contribution in [1.29, 1.82) is 0 Å². The van der Waals surface area contributed by atoms with Gasteiger partial charge in [0.2, 0.25) is 0 Å². The van der Waals surface area contributed by atoms with Crippen molar-refractivity contribution in [2.24, 2.45) is 5.92 Å². The van der Waals surface area contributed by atoms with E-state index in [9.17, 15) is 0 Å². The van der Waals surface area contributed by atoms with E-state index < -0.39 is 0 Å². The van der Waals surface area contributed by atoms with Crippen LogP contribution in [0.25, 0.3) is 5.57 Å². The van der Waals surface area contributed by atoms with Gasteiger partial charge in [0, 0.05) is 38.9 Å². The fourth-order valence-electron chi connectivity index (χ4n) is 5.33. The highest BCUT2D eigenvalue weighted by Gasteiger charge is 2.42. The Hall–Kier alpha value is -3.61. The summed E-state index contributed by atoms with van der Waals surface area (Å²) in [6, 6.07) is 26.2. The number of hydrogen-bond donors (Lipinski definition) is 1. The summed E-state index contributed by atoms with van der Waals surface area (Å²) in [6.07, 6.45) is 7.61. The van der Waals surface area contributed by atoms with Crippen LogP contribution in [0, 0.1) is 17.8 Å². The Balaban J connectivity index is 1.49. The lowest BCUT2D eigenvalue weighted by Crippen LogP contribution is -2.41. The maximum atomic E-state index is 3.84. The Morgan fingerprint density at radius 1 is 0.938 bits per heavy atom. The van der Waals surface area contributed by atoms with Crippen molar-refractivity contribution in [1.82, 2.24) is 0 Å². The van der Waals surface area contributed by atoms with E-state index >= 15 is 0 Å². The molecule has 0 saturated carbocycles. The summed E-state index contributed by atoms with van der Waals surface area (Å²) in [6.45, 7) is 0. The van der Waals surface area contributed by atoms with Crippen LogP contribution in [-0.2, 0) is 6.42 Å². The molecule has 152 valence electrons. The van der Waals surface area contributed by atoms with Gasteiger partial charge in [-0.3, -0.25) is 0 Å². The van der Waals surface area contributed by atoms with Gasteiger partial charge < -0.3 is 10.2 Å². The van der Waals surface area contributed by atoms with Gasteiger partial charge in [0.25, 0.3) is 0 Å². The molecule has 0 saturated heterocycles. The largest absolute Gasteiger partial charge is 0.377 e. The van der Waals surface area contributed by atoms with E-state index in [1.165, 1.54) is 49.3 Å². The van der Waals surface area contributed by atoms with Gasteiger partial charge in [-0.2, -0.15) is 0 Å². The van der Waals surface area contributed by atoms with Crippen LogP contribution in [0.2, 0.25) is 0 Å². The molecule has 0 fully saturated rings. The first-order chi connectivity index (χ1) is 15.9. The number of benzene rings is 3. The van der Waals surface area contributed by atoms with Gasteiger partial charge in [0.15, 0.2) is 0 Å². The average molecular weight is 429 g/mol. The summed E-state index contributed by atoms with van der Waals surface area (Å²) in [5.41, 5.74) is 8.97. The molecule has 1 N–H and O–H groups in total. The molecular weight excluding hydrogens is 408 g/mol. The predicted molar refractivity (Wildman–Crippen MR) is 134 cm³/mol. The molecule has 4 aliphatic rings. The van der Waals surface area contributed by atoms with Crippen molar-refractivity contribution in [3.63, 3.8) is 0 Å². The highest BCUT2D eigenvalue weighted by atomic mass is 32.2. The Kier molecular flexibility index (Phi) is 3.91. The molecule has 2 aliphatic heterocycles. The summed E-state index contributed by atoms with van der Waals surface area (Å²) < 4.78 is 0. The van der Waals surface area contributed by atoms with E-state index in [0.717, 1.165) is 6.42 Å². The highest BCUT2D eigenvalue weighted by Crippen LogP contribution is 2.55. The number of nitrogens with zero attached hydrogens (tertiary/aromatic N) is 1. The van der Waals surface area contributed by atoms with E-state index in [2.05, 4.69) is 113 Å². The fourth-order valence-corrected chi connectivity index (χ4v) is 6.45. The second-order valence-corrected chi connectivity index (χ2v) is 9.52. The van der Waals surface area contributed by atoms with Crippen LogP contribution in [0.4, 0.5) is 17.1 Å². The number of fused-ring (bicyclic) bond motifs is 4. The first-order valence-corrected chi connectivity index (χ1v) is 11.8. The molecule has 3 aromatic rings. The zero-order chi connectivity index (χ0) is 21.1. The van der Waals surface area contributed by atoms with Crippen molar-refractivity contribution < 1.29 is 0 Å². The predicted octanol–water partition coefficient (Wildman–Crippen LogP) is 6.77. The smallest absolute Gasteiger partial charge is 0.0598 e. The van der Waals surface area contributed by atoms with Crippen LogP contribution in [0.1, 0.15) is 11.1 Å². The summed E-state index contributed by atoms with van der Waals surface area (Å²) in [4.78, 5) is 5.07. The molecule has 3 aromatic carbocycles. The van der Waals surface area contributed by atoms with Crippen molar-refractivity contribution in [2.75, 3.05) is 10.2 Å². The third kappa shape index (κ3) is 2.57. The molecule has 0 radical (unpaired) electrons. The minimum absolute atomic E-state index is 0.192. The summed E-state index contributed by atoms with van der Waals surface area (Å²) >= 11 is 1.88. The number of hydrogen-bond acceptors (Lipinski definition) is 3. The van der Waals surface area contributed by atoms with Crippen LogP contribution < -0.4 is 10.2 Å². The summed E-state index contributed by atoms with van der Waals surface area (Å²) in [7, 11) is 0. The molecule has 2 unspecified atom stereocenters. The number of anilines is 3. The van der Waals surface area contributed by atoms with Gasteiger partial charge in [-0.05, 0) is 53.6 Å². The molecule has 0 aromatic heterocycles. The third-order valence-corrected chi connectivity index (χ3v) is 7.78. The molecule has 2 heterocycles. The van der Waals surface area contributed by atoms with Crippen LogP contribution in [0.5, 0.6) is 0 Å². The van der Waals surface area contributed by atoms with Gasteiger partial charge in [-0.1, -0.05) is 72.1 Å². The van der Waals surface area contributed by atoms with E-state index in [4.69, 9.17) is 0 Å². The molecule has 2 aliphatic carbocycles. The highest BCUT2D eigenvalue weighted by molar-refractivity contribution is 8.03. The first-order valence-electron chi connectivity index (χ1n) is 11.0. The Bertz CT molecular complexity index is 1420. The average Bonchev–Trinajstić information content (AvgIpc) is 3.07. The molecule has 2 nitrogen and oxygen atoms in total. The maximum absolute atomic E-state index is 3.84. The molecular formula is C29H20N2S. The summed E-state index contributed by atoms with van der Waals surface area (Å²) in [5, 5.41) is 3.84. The molecule has 3 heteroatoms. The van der Waals surface area contributed by atoms with E-state index in [0.29, 0.717) is 0 Å². The standard InChI is InChI=1S/C29H20N2S/c1-2-11-20(12-3-1)31-24-15-6-7-16-25(24)32-26-18-17-23-28(29(26)31)21-13-5-4-9-19-10-8-14-22(30-23)27(19)21/h1-3,6-8,10-18,23,28,30H,9H2. The third-order valence-electron chi connectivity index (χ3n) is 6.65. The topological polar surface area (TPSA) is 15.3 Å². The minimum atomic E-state index is 0.192. The molecule has 0 bridgehead atoms. The van der Waals surface area contributed by atoms with Crippen LogP contribution in [-0.4, -0.2) is 6.04 Å². The number of para-hydroxylation sites is 2. The first kappa shape index (κ1) is 18.0. The van der Waals surface area contributed by atoms with E-state index in [-0.39, 0.29) is 12.0 Å². The van der Waals surface area contributed by atoms with Gasteiger partial charge in [0.1, 0.15) is 0 Å². The quantitative estimate of drug-likeness (QED) is 0.431. The van der Waals surface area contributed by atoms with Gasteiger partial charge in [-0.25, -0.2) is 0 Å². The van der Waals surface area contributed by atoms with E-state index in [1.807, 2.05) is 11.8 Å². The fraction of sp³-hybridized carbons (Fsp3) is 0.103. The SMILES string of the molecule is C1#CCc2cccc3c2C(=C1)C1C2=C(C=CC1N3)Sc1ccccc1N2c1ccccc1. The Labute approximate surface area is 192 Å².